The Labute approximate surface area is 148 Å². The highest BCUT2D eigenvalue weighted by atomic mass is 16.5. The number of anilines is 1. The first-order valence-corrected chi connectivity index (χ1v) is 9.16. The van der Waals surface area contributed by atoms with Gasteiger partial charge < -0.3 is 20.3 Å². The molecule has 1 saturated carbocycles. The lowest BCUT2D eigenvalue weighted by Crippen LogP contribution is -2.52. The molecule has 1 aromatic rings. The maximum atomic E-state index is 6.28. The predicted molar refractivity (Wildman–Crippen MR) is 96.7 cm³/mol. The van der Waals surface area contributed by atoms with Crippen LogP contribution in [-0.4, -0.2) is 90.3 Å². The summed E-state index contributed by atoms with van der Waals surface area (Å²) in [6, 6.07) is 1.84. The Morgan fingerprint density at radius 3 is 2.40 bits per heavy atom. The van der Waals surface area contributed by atoms with Crippen LogP contribution in [0.15, 0.2) is 23.5 Å². The summed E-state index contributed by atoms with van der Waals surface area (Å²) in [6.45, 7) is 7.98. The van der Waals surface area contributed by atoms with Gasteiger partial charge in [-0.3, -0.25) is 9.89 Å². The van der Waals surface area contributed by atoms with Gasteiger partial charge in [0.25, 0.3) is 0 Å². The third kappa shape index (κ3) is 3.69. The molecule has 1 aliphatic carbocycles. The number of aromatic nitrogens is 2. The molecule has 0 amide bonds. The molecule has 3 fully saturated rings. The van der Waals surface area contributed by atoms with E-state index >= 15 is 0 Å². The van der Waals surface area contributed by atoms with Gasteiger partial charge in [-0.05, 0) is 18.9 Å². The molecule has 0 atom stereocenters. The summed E-state index contributed by atoms with van der Waals surface area (Å²) in [4.78, 5) is 20.3. The molecule has 4 rings (SSSR count). The minimum Gasteiger partial charge on any atom is -0.379 e. The highest BCUT2D eigenvalue weighted by Gasteiger charge is 2.48. The molecule has 0 spiro atoms. The van der Waals surface area contributed by atoms with Crippen molar-refractivity contribution >= 4 is 11.9 Å². The lowest BCUT2D eigenvalue weighted by atomic mass is 10.2. The van der Waals surface area contributed by atoms with Gasteiger partial charge in [0.15, 0.2) is 5.96 Å². The fraction of sp³-hybridized carbons (Fsp3) is 0.706. The van der Waals surface area contributed by atoms with Crippen LogP contribution in [0.5, 0.6) is 0 Å². The van der Waals surface area contributed by atoms with E-state index in [4.69, 9.17) is 15.5 Å². The highest BCUT2D eigenvalue weighted by molar-refractivity contribution is 5.78. The number of ether oxygens (including phenoxy) is 1. The smallest absolute Gasteiger partial charge is 0.225 e. The van der Waals surface area contributed by atoms with Crippen LogP contribution < -0.4 is 10.6 Å². The normalized spacial score (nSPS) is 24.4. The van der Waals surface area contributed by atoms with Crippen LogP contribution in [-0.2, 0) is 4.74 Å². The number of rotatable bonds is 4. The van der Waals surface area contributed by atoms with Gasteiger partial charge in [-0.2, -0.15) is 0 Å². The van der Waals surface area contributed by atoms with E-state index in [0.717, 1.165) is 65.0 Å². The van der Waals surface area contributed by atoms with E-state index in [1.54, 1.807) is 12.4 Å². The Bertz CT molecular complexity index is 590. The molecule has 2 aliphatic heterocycles. The Balaban J connectivity index is 1.30. The van der Waals surface area contributed by atoms with E-state index in [-0.39, 0.29) is 5.54 Å². The van der Waals surface area contributed by atoms with E-state index in [9.17, 15) is 0 Å². The Morgan fingerprint density at radius 2 is 1.76 bits per heavy atom. The number of hydrogen-bond acceptors (Lipinski definition) is 6. The van der Waals surface area contributed by atoms with Crippen molar-refractivity contribution in [1.82, 2.24) is 19.8 Å². The van der Waals surface area contributed by atoms with Gasteiger partial charge in [0.1, 0.15) is 0 Å². The van der Waals surface area contributed by atoms with Crippen LogP contribution >= 0.6 is 0 Å². The zero-order valence-electron chi connectivity index (χ0n) is 14.7. The van der Waals surface area contributed by atoms with Crippen molar-refractivity contribution in [2.75, 3.05) is 63.9 Å². The molecule has 0 radical (unpaired) electrons. The predicted octanol–water partition coefficient (Wildman–Crippen LogP) is -0.222. The highest BCUT2D eigenvalue weighted by Crippen LogP contribution is 2.42. The average molecular weight is 345 g/mol. The monoisotopic (exact) mass is 345 g/mol. The van der Waals surface area contributed by atoms with Crippen molar-refractivity contribution < 1.29 is 4.74 Å². The van der Waals surface area contributed by atoms with Crippen molar-refractivity contribution in [1.29, 1.82) is 0 Å². The van der Waals surface area contributed by atoms with Gasteiger partial charge in [-0.1, -0.05) is 0 Å². The average Bonchev–Trinajstić information content (AvgIpc) is 3.49. The van der Waals surface area contributed by atoms with Gasteiger partial charge in [0.2, 0.25) is 5.95 Å². The fourth-order valence-electron chi connectivity index (χ4n) is 3.67. The van der Waals surface area contributed by atoms with Gasteiger partial charge in [-0.15, -0.1) is 0 Å². The summed E-state index contributed by atoms with van der Waals surface area (Å²) >= 11 is 0. The second-order valence-corrected chi connectivity index (χ2v) is 7.02. The minimum atomic E-state index is 0.244. The Hall–Kier alpha value is -1.93. The molecule has 3 heterocycles. The number of piperazine rings is 1. The van der Waals surface area contributed by atoms with Gasteiger partial charge in [0, 0.05) is 57.2 Å². The van der Waals surface area contributed by atoms with Crippen molar-refractivity contribution in [2.24, 2.45) is 10.7 Å². The third-order valence-corrected chi connectivity index (χ3v) is 5.48. The van der Waals surface area contributed by atoms with E-state index in [1.807, 2.05) is 6.07 Å². The van der Waals surface area contributed by atoms with Crippen LogP contribution in [0.25, 0.3) is 0 Å². The first-order chi connectivity index (χ1) is 12.3. The molecule has 136 valence electrons. The van der Waals surface area contributed by atoms with E-state index in [1.165, 1.54) is 12.8 Å². The summed E-state index contributed by atoms with van der Waals surface area (Å²) in [5.74, 6) is 1.47. The van der Waals surface area contributed by atoms with E-state index in [2.05, 4.69) is 24.7 Å². The molecule has 8 heteroatoms. The lowest BCUT2D eigenvalue weighted by molar-refractivity contribution is 0.0117. The van der Waals surface area contributed by atoms with Crippen molar-refractivity contribution in [3.05, 3.63) is 18.5 Å². The van der Waals surface area contributed by atoms with E-state index < -0.39 is 0 Å². The number of morpholine rings is 1. The van der Waals surface area contributed by atoms with Crippen molar-refractivity contribution in [3.63, 3.8) is 0 Å². The van der Waals surface area contributed by atoms with Crippen molar-refractivity contribution in [2.45, 2.75) is 18.4 Å². The molecule has 2 saturated heterocycles. The standard InChI is InChI=1S/C17H27N7O/c18-15(21-14-17(2-3-17)24-10-12-25-13-11-24)22-6-8-23(9-7-22)16-19-4-1-5-20-16/h1,4-5H,2-3,6-14H2,(H2,18,21). The van der Waals surface area contributed by atoms with Crippen LogP contribution in [0.1, 0.15) is 12.8 Å². The maximum Gasteiger partial charge on any atom is 0.225 e. The van der Waals surface area contributed by atoms with Crippen LogP contribution in [0.2, 0.25) is 0 Å². The molecule has 8 nitrogen and oxygen atoms in total. The van der Waals surface area contributed by atoms with Gasteiger partial charge >= 0.3 is 0 Å². The van der Waals surface area contributed by atoms with Gasteiger partial charge in [-0.25, -0.2) is 9.97 Å². The second kappa shape index (κ2) is 7.13. The molecule has 0 bridgehead atoms. The summed E-state index contributed by atoms with van der Waals surface area (Å²) in [6.07, 6.45) is 6.02. The largest absolute Gasteiger partial charge is 0.379 e. The Morgan fingerprint density at radius 1 is 1.08 bits per heavy atom. The summed E-state index contributed by atoms with van der Waals surface area (Å²) in [7, 11) is 0. The third-order valence-electron chi connectivity index (χ3n) is 5.48. The number of nitrogens with zero attached hydrogens (tertiary/aromatic N) is 6. The lowest BCUT2D eigenvalue weighted by Gasteiger charge is -2.36. The van der Waals surface area contributed by atoms with Crippen molar-refractivity contribution in [3.8, 4) is 0 Å². The molecular weight excluding hydrogens is 318 g/mol. The number of guanidine groups is 1. The fourth-order valence-corrected chi connectivity index (χ4v) is 3.67. The summed E-state index contributed by atoms with van der Waals surface area (Å²) < 4.78 is 5.46. The molecular formula is C17H27N7O. The zero-order chi connectivity index (χ0) is 17.1. The zero-order valence-corrected chi connectivity index (χ0v) is 14.7. The van der Waals surface area contributed by atoms with Crippen LogP contribution in [0.4, 0.5) is 5.95 Å². The molecule has 25 heavy (non-hydrogen) atoms. The molecule has 2 N–H and O–H groups in total. The quantitative estimate of drug-likeness (QED) is 0.596. The van der Waals surface area contributed by atoms with E-state index in [0.29, 0.717) is 5.96 Å². The first kappa shape index (κ1) is 16.5. The molecule has 1 aromatic heterocycles. The molecule has 0 aromatic carbocycles. The number of hydrogen-bond donors (Lipinski definition) is 1. The number of nitrogens with two attached hydrogens (primary N) is 1. The topological polar surface area (TPSA) is 83.1 Å². The second-order valence-electron chi connectivity index (χ2n) is 7.02. The van der Waals surface area contributed by atoms with Crippen LogP contribution in [0, 0.1) is 0 Å². The summed E-state index contributed by atoms with van der Waals surface area (Å²) in [5, 5.41) is 0. The van der Waals surface area contributed by atoms with Crippen LogP contribution in [0.3, 0.4) is 0 Å². The molecule has 0 unspecified atom stereocenters. The first-order valence-electron chi connectivity index (χ1n) is 9.16. The maximum absolute atomic E-state index is 6.28. The minimum absolute atomic E-state index is 0.244. The number of aliphatic imine (C=N–C) groups is 1. The SMILES string of the molecule is NC(=NCC1(N2CCOCC2)CC1)N1CCN(c2ncccn2)CC1. The molecule has 3 aliphatic rings. The van der Waals surface area contributed by atoms with Gasteiger partial charge in [0.05, 0.1) is 19.8 Å². The summed E-state index contributed by atoms with van der Waals surface area (Å²) in [5.41, 5.74) is 6.52. The Kier molecular flexibility index (Phi) is 4.72.